The van der Waals surface area contributed by atoms with Crippen LogP contribution in [0.1, 0.15) is 11.1 Å². The highest BCUT2D eigenvalue weighted by Crippen LogP contribution is 2.38. The van der Waals surface area contributed by atoms with Crippen LogP contribution in [-0.4, -0.2) is 49.8 Å². The van der Waals surface area contributed by atoms with Crippen LogP contribution >= 0.6 is 23.4 Å². The second-order valence-electron chi connectivity index (χ2n) is 6.96. The minimum atomic E-state index is -4.64. The lowest BCUT2D eigenvalue weighted by molar-refractivity contribution is -0.137. The smallest absolute Gasteiger partial charge is 0.416 e. The van der Waals surface area contributed by atoms with Gasteiger partial charge in [-0.25, -0.2) is 0 Å². The van der Waals surface area contributed by atoms with Crippen molar-refractivity contribution in [2.24, 2.45) is 0 Å². The SMILES string of the molecule is COc1cc(OC)c(/C=C2\SC(=O)N(CC(=O)Nc3cc(C(F)(F)F)ccc3OC)C2=O)cc1Cl. The van der Waals surface area contributed by atoms with Crippen molar-refractivity contribution >= 4 is 52.2 Å². The van der Waals surface area contributed by atoms with Crippen molar-refractivity contribution in [2.75, 3.05) is 33.2 Å². The highest BCUT2D eigenvalue weighted by molar-refractivity contribution is 8.18. The Bertz CT molecular complexity index is 1220. The average molecular weight is 531 g/mol. The van der Waals surface area contributed by atoms with Crippen LogP contribution in [0.15, 0.2) is 35.2 Å². The highest BCUT2D eigenvalue weighted by Gasteiger charge is 2.37. The molecule has 13 heteroatoms. The summed E-state index contributed by atoms with van der Waals surface area (Å²) in [7, 11) is 4.04. The number of rotatable bonds is 7. The Balaban J connectivity index is 1.80. The van der Waals surface area contributed by atoms with Crippen LogP contribution in [-0.2, 0) is 15.8 Å². The maximum Gasteiger partial charge on any atom is 0.416 e. The molecule has 186 valence electrons. The molecule has 8 nitrogen and oxygen atoms in total. The molecule has 0 radical (unpaired) electrons. The van der Waals surface area contributed by atoms with Gasteiger partial charge >= 0.3 is 6.18 Å². The summed E-state index contributed by atoms with van der Waals surface area (Å²) in [6, 6.07) is 5.54. The lowest BCUT2D eigenvalue weighted by Crippen LogP contribution is -2.36. The zero-order chi connectivity index (χ0) is 25.9. The minimum absolute atomic E-state index is 0.000942. The van der Waals surface area contributed by atoms with Gasteiger partial charge in [-0.3, -0.25) is 19.3 Å². The Labute approximate surface area is 207 Å². The van der Waals surface area contributed by atoms with E-state index >= 15 is 0 Å². The number of methoxy groups -OCH3 is 3. The molecule has 0 spiro atoms. The van der Waals surface area contributed by atoms with E-state index in [1.54, 1.807) is 0 Å². The second kappa shape index (κ2) is 10.5. The summed E-state index contributed by atoms with van der Waals surface area (Å²) in [6.45, 7) is -0.720. The van der Waals surface area contributed by atoms with E-state index in [2.05, 4.69) is 5.32 Å². The summed E-state index contributed by atoms with van der Waals surface area (Å²) < 4.78 is 54.5. The number of imide groups is 1. The Morgan fingerprint density at radius 3 is 2.31 bits per heavy atom. The molecule has 0 unspecified atom stereocenters. The van der Waals surface area contributed by atoms with Crippen molar-refractivity contribution in [1.29, 1.82) is 0 Å². The standard InChI is InChI=1S/C22H18ClF3N2O6S/c1-32-15-5-4-12(22(24,25)26)8-14(15)27-19(29)10-28-20(30)18(35-21(28)31)7-11-6-13(23)17(34-3)9-16(11)33-2/h4-9H,10H2,1-3H3,(H,27,29)/b18-7-. The quantitative estimate of drug-likeness (QED) is 0.500. The zero-order valence-corrected chi connectivity index (χ0v) is 20.1. The molecule has 1 aliphatic rings. The first-order valence-electron chi connectivity index (χ1n) is 9.70. The van der Waals surface area contributed by atoms with Crippen molar-refractivity contribution in [3.05, 3.63) is 51.4 Å². The molecule has 2 aromatic carbocycles. The van der Waals surface area contributed by atoms with Crippen molar-refractivity contribution < 1.29 is 41.8 Å². The number of nitrogens with zero attached hydrogens (tertiary/aromatic N) is 1. The van der Waals surface area contributed by atoms with Gasteiger partial charge in [-0.15, -0.1) is 0 Å². The fourth-order valence-electron chi connectivity index (χ4n) is 3.09. The van der Waals surface area contributed by atoms with Gasteiger partial charge in [-0.05, 0) is 42.1 Å². The third-order valence-corrected chi connectivity index (χ3v) is 5.97. The fourth-order valence-corrected chi connectivity index (χ4v) is 4.17. The number of thioether (sulfide) groups is 1. The predicted molar refractivity (Wildman–Crippen MR) is 124 cm³/mol. The molecule has 35 heavy (non-hydrogen) atoms. The van der Waals surface area contributed by atoms with Crippen LogP contribution < -0.4 is 19.5 Å². The molecule has 1 fully saturated rings. The van der Waals surface area contributed by atoms with Crippen molar-refractivity contribution in [3.8, 4) is 17.2 Å². The second-order valence-corrected chi connectivity index (χ2v) is 8.36. The van der Waals surface area contributed by atoms with Crippen LogP contribution in [0.25, 0.3) is 6.08 Å². The van der Waals surface area contributed by atoms with Crippen LogP contribution in [0.4, 0.5) is 23.7 Å². The number of ether oxygens (including phenoxy) is 3. The monoisotopic (exact) mass is 530 g/mol. The lowest BCUT2D eigenvalue weighted by Gasteiger charge is -2.16. The van der Waals surface area contributed by atoms with E-state index in [4.69, 9.17) is 25.8 Å². The molecule has 0 bridgehead atoms. The van der Waals surface area contributed by atoms with Gasteiger partial charge in [0.2, 0.25) is 5.91 Å². The Morgan fingerprint density at radius 1 is 1.06 bits per heavy atom. The van der Waals surface area contributed by atoms with E-state index in [0.717, 1.165) is 12.1 Å². The summed E-state index contributed by atoms with van der Waals surface area (Å²) in [5, 5.41) is 1.77. The molecular formula is C22H18ClF3N2O6S. The lowest BCUT2D eigenvalue weighted by atomic mass is 10.1. The molecule has 3 amide bonds. The average Bonchev–Trinajstić information content (AvgIpc) is 3.05. The molecule has 1 heterocycles. The number of nitrogens with one attached hydrogen (secondary N) is 1. The van der Waals surface area contributed by atoms with E-state index in [-0.39, 0.29) is 21.4 Å². The number of hydrogen-bond donors (Lipinski definition) is 1. The molecular weight excluding hydrogens is 513 g/mol. The first-order valence-corrected chi connectivity index (χ1v) is 10.9. The fraction of sp³-hybridized carbons (Fsp3) is 0.227. The van der Waals surface area contributed by atoms with Gasteiger partial charge in [0, 0.05) is 11.6 Å². The Kier molecular flexibility index (Phi) is 7.86. The highest BCUT2D eigenvalue weighted by atomic mass is 35.5. The molecule has 2 aromatic rings. The molecule has 1 aliphatic heterocycles. The first-order chi connectivity index (χ1) is 16.5. The number of alkyl halides is 3. The van der Waals surface area contributed by atoms with Crippen LogP contribution in [0.2, 0.25) is 5.02 Å². The Hall–Kier alpha value is -3.38. The summed E-state index contributed by atoms with van der Waals surface area (Å²) in [4.78, 5) is 38.4. The predicted octanol–water partition coefficient (Wildman–Crippen LogP) is 5.06. The van der Waals surface area contributed by atoms with Gasteiger partial charge in [-0.1, -0.05) is 11.6 Å². The van der Waals surface area contributed by atoms with Crippen molar-refractivity contribution in [2.45, 2.75) is 6.18 Å². The van der Waals surface area contributed by atoms with E-state index in [1.165, 1.54) is 39.5 Å². The largest absolute Gasteiger partial charge is 0.496 e. The zero-order valence-electron chi connectivity index (χ0n) is 18.5. The van der Waals surface area contributed by atoms with Crippen LogP contribution in [0.3, 0.4) is 0 Å². The molecule has 3 rings (SSSR count). The molecule has 0 atom stereocenters. The van der Waals surface area contributed by atoms with Gasteiger partial charge in [0.25, 0.3) is 11.1 Å². The number of halogens is 4. The van der Waals surface area contributed by atoms with E-state index in [1.807, 2.05) is 0 Å². The van der Waals surface area contributed by atoms with Crippen molar-refractivity contribution in [3.63, 3.8) is 0 Å². The summed E-state index contributed by atoms with van der Waals surface area (Å²) in [5.41, 5.74) is -0.871. The van der Waals surface area contributed by atoms with Gasteiger partial charge in [0.1, 0.15) is 23.8 Å². The van der Waals surface area contributed by atoms with Crippen LogP contribution in [0.5, 0.6) is 17.2 Å². The third-order valence-electron chi connectivity index (χ3n) is 4.77. The van der Waals surface area contributed by atoms with Gasteiger partial charge < -0.3 is 19.5 Å². The van der Waals surface area contributed by atoms with Crippen molar-refractivity contribution in [1.82, 2.24) is 4.90 Å². The van der Waals surface area contributed by atoms with E-state index < -0.39 is 35.3 Å². The Morgan fingerprint density at radius 2 is 1.71 bits per heavy atom. The number of benzene rings is 2. The van der Waals surface area contributed by atoms with E-state index in [9.17, 15) is 27.6 Å². The first kappa shape index (κ1) is 26.2. The van der Waals surface area contributed by atoms with Crippen LogP contribution in [0, 0.1) is 0 Å². The normalized spacial score (nSPS) is 14.9. The molecule has 1 N–H and O–H groups in total. The minimum Gasteiger partial charge on any atom is -0.496 e. The third kappa shape index (κ3) is 5.82. The summed E-state index contributed by atoms with van der Waals surface area (Å²) in [5.74, 6) is -1.01. The summed E-state index contributed by atoms with van der Waals surface area (Å²) >= 11 is 6.72. The van der Waals surface area contributed by atoms with Gasteiger partial charge in [0.15, 0.2) is 0 Å². The number of anilines is 1. The van der Waals surface area contributed by atoms with E-state index in [0.29, 0.717) is 39.8 Å². The molecule has 1 saturated heterocycles. The maximum absolute atomic E-state index is 13.0. The van der Waals surface area contributed by atoms with Gasteiger partial charge in [0.05, 0.1) is 42.5 Å². The molecule has 0 saturated carbocycles. The maximum atomic E-state index is 13.0. The summed E-state index contributed by atoms with van der Waals surface area (Å²) in [6.07, 6.45) is -3.27. The molecule has 0 aromatic heterocycles. The molecule has 0 aliphatic carbocycles. The number of carbonyl (C=O) groups is 3. The number of hydrogen-bond acceptors (Lipinski definition) is 7. The number of carbonyl (C=O) groups excluding carboxylic acids is 3. The van der Waals surface area contributed by atoms with Gasteiger partial charge in [-0.2, -0.15) is 13.2 Å². The number of amides is 3. The topological polar surface area (TPSA) is 94.2 Å².